The van der Waals surface area contributed by atoms with E-state index in [1.165, 1.54) is 11.3 Å². The monoisotopic (exact) mass is 463 g/mol. The molecule has 1 aromatic carbocycles. The molecule has 2 heterocycles. The smallest absolute Gasteiger partial charge is 0.321 e. The SMILES string of the molecule is CCNC(=O)Nc1nccc(-c2ccc(C(=O)NCCc3ccc(Cl)cc3Cl)s2)n1. The fourth-order valence-electron chi connectivity index (χ4n) is 2.58. The number of urea groups is 1. The molecule has 3 N–H and O–H groups in total. The van der Waals surface area contributed by atoms with Crippen LogP contribution in [0.25, 0.3) is 10.6 Å². The standard InChI is InChI=1S/C20H19Cl2N5O2S/c1-2-23-20(29)27-19-25-10-8-15(26-19)16-5-6-17(30-16)18(28)24-9-7-12-3-4-13(21)11-14(12)22/h3-6,8,10-11H,2,7,9H2,1H3,(H,24,28)(H2,23,25,26,27,29). The van der Waals surface area contributed by atoms with Gasteiger partial charge in [-0.3, -0.25) is 10.1 Å². The minimum Gasteiger partial charge on any atom is -0.351 e. The number of thiophene rings is 1. The van der Waals surface area contributed by atoms with E-state index in [1.807, 2.05) is 19.1 Å². The van der Waals surface area contributed by atoms with Crippen LogP contribution in [0.5, 0.6) is 0 Å². The molecule has 3 amide bonds. The summed E-state index contributed by atoms with van der Waals surface area (Å²) in [7, 11) is 0. The molecule has 156 valence electrons. The van der Waals surface area contributed by atoms with Gasteiger partial charge >= 0.3 is 6.03 Å². The van der Waals surface area contributed by atoms with Gasteiger partial charge in [0.2, 0.25) is 5.95 Å². The van der Waals surface area contributed by atoms with Crippen molar-refractivity contribution < 1.29 is 9.59 Å². The lowest BCUT2D eigenvalue weighted by Gasteiger charge is -2.06. The average molecular weight is 464 g/mol. The molecule has 0 saturated heterocycles. The summed E-state index contributed by atoms with van der Waals surface area (Å²) in [6.45, 7) is 2.76. The zero-order valence-electron chi connectivity index (χ0n) is 16.0. The van der Waals surface area contributed by atoms with Crippen LogP contribution in [-0.4, -0.2) is 35.0 Å². The van der Waals surface area contributed by atoms with Crippen LogP contribution in [0.4, 0.5) is 10.7 Å². The highest BCUT2D eigenvalue weighted by Gasteiger charge is 2.12. The van der Waals surface area contributed by atoms with Gasteiger partial charge in [-0.25, -0.2) is 14.8 Å². The van der Waals surface area contributed by atoms with Gasteiger partial charge in [0.25, 0.3) is 5.91 Å². The van der Waals surface area contributed by atoms with Crippen LogP contribution < -0.4 is 16.0 Å². The highest BCUT2D eigenvalue weighted by molar-refractivity contribution is 7.17. The summed E-state index contributed by atoms with van der Waals surface area (Å²) in [5.41, 5.74) is 1.54. The molecule has 0 bridgehead atoms. The number of carbonyl (C=O) groups excluding carboxylic acids is 2. The number of rotatable bonds is 7. The molecular weight excluding hydrogens is 445 g/mol. The van der Waals surface area contributed by atoms with Crippen LogP contribution in [0.1, 0.15) is 22.2 Å². The molecule has 0 saturated carbocycles. The Morgan fingerprint density at radius 1 is 1.10 bits per heavy atom. The van der Waals surface area contributed by atoms with Gasteiger partial charge in [0.1, 0.15) is 0 Å². The number of nitrogens with one attached hydrogen (secondary N) is 3. The van der Waals surface area contributed by atoms with Gasteiger partial charge < -0.3 is 10.6 Å². The number of carbonyl (C=O) groups is 2. The number of anilines is 1. The highest BCUT2D eigenvalue weighted by Crippen LogP contribution is 2.27. The number of hydrogen-bond acceptors (Lipinski definition) is 5. The maximum Gasteiger partial charge on any atom is 0.321 e. The maximum absolute atomic E-state index is 12.5. The molecule has 0 aliphatic heterocycles. The van der Waals surface area contributed by atoms with Crippen LogP contribution in [0, 0.1) is 0 Å². The van der Waals surface area contributed by atoms with E-state index in [-0.39, 0.29) is 17.9 Å². The number of nitrogens with zero attached hydrogens (tertiary/aromatic N) is 2. The van der Waals surface area contributed by atoms with E-state index in [0.717, 1.165) is 10.4 Å². The van der Waals surface area contributed by atoms with Crippen molar-refractivity contribution in [1.29, 1.82) is 0 Å². The highest BCUT2D eigenvalue weighted by atomic mass is 35.5. The predicted molar refractivity (Wildman–Crippen MR) is 121 cm³/mol. The molecule has 0 aliphatic carbocycles. The number of amides is 3. The molecule has 2 aromatic heterocycles. The molecule has 3 rings (SSSR count). The zero-order valence-corrected chi connectivity index (χ0v) is 18.4. The molecule has 0 aliphatic rings. The summed E-state index contributed by atoms with van der Waals surface area (Å²) in [5, 5.41) is 9.23. The molecule has 30 heavy (non-hydrogen) atoms. The summed E-state index contributed by atoms with van der Waals surface area (Å²) >= 11 is 13.4. The first-order valence-electron chi connectivity index (χ1n) is 9.16. The van der Waals surface area contributed by atoms with Gasteiger partial charge in [0.05, 0.1) is 15.4 Å². The Balaban J connectivity index is 1.60. The Morgan fingerprint density at radius 3 is 2.70 bits per heavy atom. The van der Waals surface area contributed by atoms with E-state index in [2.05, 4.69) is 25.9 Å². The first kappa shape index (κ1) is 22.0. The molecule has 0 unspecified atom stereocenters. The third-order valence-electron chi connectivity index (χ3n) is 4.00. The number of benzene rings is 1. The largest absolute Gasteiger partial charge is 0.351 e. The second-order valence-corrected chi connectivity index (χ2v) is 8.08. The third kappa shape index (κ3) is 5.91. The maximum atomic E-state index is 12.5. The van der Waals surface area contributed by atoms with Crippen molar-refractivity contribution in [2.24, 2.45) is 0 Å². The van der Waals surface area contributed by atoms with Crippen molar-refractivity contribution >= 4 is 52.4 Å². The minimum atomic E-state index is -0.373. The first-order valence-corrected chi connectivity index (χ1v) is 10.7. The zero-order chi connectivity index (χ0) is 21.5. The molecular formula is C20H19Cl2N5O2S. The van der Waals surface area contributed by atoms with Gasteiger partial charge in [0.15, 0.2) is 0 Å². The van der Waals surface area contributed by atoms with E-state index < -0.39 is 0 Å². The van der Waals surface area contributed by atoms with Crippen molar-refractivity contribution in [3.63, 3.8) is 0 Å². The van der Waals surface area contributed by atoms with Crippen molar-refractivity contribution in [2.45, 2.75) is 13.3 Å². The predicted octanol–water partition coefficient (Wildman–Crippen LogP) is 4.63. The van der Waals surface area contributed by atoms with Crippen LogP contribution in [0.2, 0.25) is 10.0 Å². The second kappa shape index (κ2) is 10.4. The lowest BCUT2D eigenvalue weighted by Crippen LogP contribution is -2.29. The summed E-state index contributed by atoms with van der Waals surface area (Å²) in [6, 6.07) is 10.2. The Kier molecular flexibility index (Phi) is 7.62. The van der Waals surface area contributed by atoms with Gasteiger partial charge in [-0.15, -0.1) is 11.3 Å². The Hall–Kier alpha value is -2.68. The summed E-state index contributed by atoms with van der Waals surface area (Å²) in [4.78, 5) is 33.8. The lowest BCUT2D eigenvalue weighted by atomic mass is 10.1. The quantitative estimate of drug-likeness (QED) is 0.475. The number of aromatic nitrogens is 2. The van der Waals surface area contributed by atoms with E-state index in [4.69, 9.17) is 23.2 Å². The normalized spacial score (nSPS) is 10.5. The van der Waals surface area contributed by atoms with E-state index in [1.54, 1.807) is 30.5 Å². The molecule has 0 spiro atoms. The molecule has 3 aromatic rings. The minimum absolute atomic E-state index is 0.175. The average Bonchev–Trinajstić information content (AvgIpc) is 3.20. The Labute approximate surface area is 187 Å². The van der Waals surface area contributed by atoms with E-state index in [9.17, 15) is 9.59 Å². The van der Waals surface area contributed by atoms with Crippen molar-refractivity contribution in [2.75, 3.05) is 18.4 Å². The summed E-state index contributed by atoms with van der Waals surface area (Å²) in [6.07, 6.45) is 2.15. The lowest BCUT2D eigenvalue weighted by molar-refractivity contribution is 0.0958. The third-order valence-corrected chi connectivity index (χ3v) is 5.69. The van der Waals surface area contributed by atoms with Crippen LogP contribution in [-0.2, 0) is 6.42 Å². The van der Waals surface area contributed by atoms with E-state index in [0.29, 0.717) is 40.1 Å². The van der Waals surface area contributed by atoms with Crippen LogP contribution in [0.3, 0.4) is 0 Å². The van der Waals surface area contributed by atoms with E-state index >= 15 is 0 Å². The van der Waals surface area contributed by atoms with Crippen LogP contribution >= 0.6 is 34.5 Å². The topological polar surface area (TPSA) is 96.0 Å². The molecule has 7 nitrogen and oxygen atoms in total. The van der Waals surface area contributed by atoms with Gasteiger partial charge in [-0.05, 0) is 49.2 Å². The van der Waals surface area contributed by atoms with Gasteiger partial charge in [0, 0.05) is 29.3 Å². The first-order chi connectivity index (χ1) is 14.5. The summed E-state index contributed by atoms with van der Waals surface area (Å²) < 4.78 is 0. The fourth-order valence-corrected chi connectivity index (χ4v) is 3.98. The molecule has 0 fully saturated rings. The Bertz CT molecular complexity index is 1060. The van der Waals surface area contributed by atoms with Gasteiger partial charge in [-0.1, -0.05) is 29.3 Å². The number of hydrogen-bond donors (Lipinski definition) is 3. The van der Waals surface area contributed by atoms with Crippen LogP contribution in [0.15, 0.2) is 42.6 Å². The second-order valence-electron chi connectivity index (χ2n) is 6.16. The molecule has 0 radical (unpaired) electrons. The van der Waals surface area contributed by atoms with Crippen molar-refractivity contribution in [3.8, 4) is 10.6 Å². The fraction of sp³-hybridized carbons (Fsp3) is 0.200. The number of halogens is 2. The van der Waals surface area contributed by atoms with Gasteiger partial charge in [-0.2, -0.15) is 0 Å². The van der Waals surface area contributed by atoms with Crippen molar-refractivity contribution in [1.82, 2.24) is 20.6 Å². The molecule has 0 atom stereocenters. The Morgan fingerprint density at radius 2 is 1.93 bits per heavy atom. The molecule has 10 heteroatoms. The van der Waals surface area contributed by atoms with Crippen molar-refractivity contribution in [3.05, 3.63) is 63.1 Å². The summed E-state index contributed by atoms with van der Waals surface area (Å²) in [5.74, 6) is 0.0174.